The molecule has 2 amide bonds. The van der Waals surface area contributed by atoms with Gasteiger partial charge in [0, 0.05) is 13.0 Å². The van der Waals surface area contributed by atoms with Crippen LogP contribution in [0.4, 0.5) is 4.79 Å². The summed E-state index contributed by atoms with van der Waals surface area (Å²) in [6.45, 7) is 5.78. The van der Waals surface area contributed by atoms with E-state index in [4.69, 9.17) is 4.74 Å². The van der Waals surface area contributed by atoms with Crippen LogP contribution in [0, 0.1) is 0 Å². The van der Waals surface area contributed by atoms with Crippen LogP contribution in [0.15, 0.2) is 12.2 Å². The molecule has 0 N–H and O–H groups in total. The van der Waals surface area contributed by atoms with Crippen molar-refractivity contribution in [2.45, 2.75) is 45.6 Å². The van der Waals surface area contributed by atoms with E-state index in [1.54, 1.807) is 20.8 Å². The van der Waals surface area contributed by atoms with Crippen LogP contribution in [-0.4, -0.2) is 29.0 Å². The quantitative estimate of drug-likeness (QED) is 0.595. The zero-order valence-electron chi connectivity index (χ0n) is 10.2. The second-order valence-corrected chi connectivity index (χ2v) is 4.82. The van der Waals surface area contributed by atoms with Crippen molar-refractivity contribution in [1.29, 1.82) is 0 Å². The highest BCUT2D eigenvalue weighted by atomic mass is 16.6. The van der Waals surface area contributed by atoms with Gasteiger partial charge in [-0.2, -0.15) is 0 Å². The maximum absolute atomic E-state index is 11.7. The summed E-state index contributed by atoms with van der Waals surface area (Å²) in [6, 6.07) is 0. The van der Waals surface area contributed by atoms with Gasteiger partial charge in [-0.1, -0.05) is 12.2 Å². The van der Waals surface area contributed by atoms with Crippen molar-refractivity contribution in [2.75, 3.05) is 6.54 Å². The molecule has 0 aromatic carbocycles. The minimum Gasteiger partial charge on any atom is -0.443 e. The molecule has 0 bridgehead atoms. The summed E-state index contributed by atoms with van der Waals surface area (Å²) in [5.74, 6) is -0.154. The third-order valence-corrected chi connectivity index (χ3v) is 2.13. The Balaban J connectivity index is 2.65. The number of carbonyl (C=O) groups is 2. The second-order valence-electron chi connectivity index (χ2n) is 4.82. The zero-order valence-corrected chi connectivity index (χ0v) is 10.2. The SMILES string of the molecule is CC(C)(C)OC(=O)N1CC/C=C\CCC1=O. The molecule has 1 heterocycles. The minimum atomic E-state index is -0.560. The zero-order chi connectivity index (χ0) is 12.2. The maximum atomic E-state index is 11.7. The van der Waals surface area contributed by atoms with E-state index in [-0.39, 0.29) is 5.91 Å². The Labute approximate surface area is 96.3 Å². The van der Waals surface area contributed by atoms with Crippen molar-refractivity contribution in [3.05, 3.63) is 12.2 Å². The molecule has 90 valence electrons. The number of carbonyl (C=O) groups excluding carboxylic acids is 2. The van der Waals surface area contributed by atoms with Crippen LogP contribution < -0.4 is 0 Å². The molecule has 0 spiro atoms. The number of rotatable bonds is 0. The van der Waals surface area contributed by atoms with Gasteiger partial charge in [-0.05, 0) is 33.6 Å². The fraction of sp³-hybridized carbons (Fsp3) is 0.667. The number of hydrogen-bond acceptors (Lipinski definition) is 3. The first-order chi connectivity index (χ1) is 7.40. The lowest BCUT2D eigenvalue weighted by molar-refractivity contribution is -0.130. The molecule has 0 aliphatic carbocycles. The van der Waals surface area contributed by atoms with Gasteiger partial charge in [0.1, 0.15) is 5.60 Å². The summed E-state index contributed by atoms with van der Waals surface area (Å²) in [4.78, 5) is 24.6. The monoisotopic (exact) mass is 225 g/mol. The number of allylic oxidation sites excluding steroid dienone is 1. The van der Waals surface area contributed by atoms with E-state index in [1.165, 1.54) is 4.90 Å². The van der Waals surface area contributed by atoms with Gasteiger partial charge in [0.15, 0.2) is 0 Å². The summed E-state index contributed by atoms with van der Waals surface area (Å²) in [5, 5.41) is 0. The average Bonchev–Trinajstić information content (AvgIpc) is 2.08. The van der Waals surface area contributed by atoms with Gasteiger partial charge in [0.25, 0.3) is 0 Å². The van der Waals surface area contributed by atoms with Crippen LogP contribution in [0.3, 0.4) is 0 Å². The molecular formula is C12H19NO3. The van der Waals surface area contributed by atoms with Gasteiger partial charge in [-0.3, -0.25) is 4.79 Å². The Hall–Kier alpha value is -1.32. The van der Waals surface area contributed by atoms with Crippen LogP contribution >= 0.6 is 0 Å². The van der Waals surface area contributed by atoms with Crippen LogP contribution in [-0.2, 0) is 9.53 Å². The molecule has 0 saturated heterocycles. The Bertz CT molecular complexity index is 302. The van der Waals surface area contributed by atoms with Crippen LogP contribution in [0.1, 0.15) is 40.0 Å². The largest absolute Gasteiger partial charge is 0.443 e. The lowest BCUT2D eigenvalue weighted by Gasteiger charge is -2.26. The predicted octanol–water partition coefficient (Wildman–Crippen LogP) is 2.49. The molecule has 1 aliphatic rings. The van der Waals surface area contributed by atoms with Gasteiger partial charge < -0.3 is 4.74 Å². The van der Waals surface area contributed by atoms with E-state index in [2.05, 4.69) is 0 Å². The van der Waals surface area contributed by atoms with E-state index >= 15 is 0 Å². The summed E-state index contributed by atoms with van der Waals surface area (Å²) in [7, 11) is 0. The molecule has 0 fully saturated rings. The van der Waals surface area contributed by atoms with E-state index in [0.29, 0.717) is 25.8 Å². The van der Waals surface area contributed by atoms with Gasteiger partial charge in [0.05, 0.1) is 0 Å². The van der Waals surface area contributed by atoms with E-state index in [9.17, 15) is 9.59 Å². The molecule has 1 rings (SSSR count). The standard InChI is InChI=1S/C12H19NO3/c1-12(2,3)16-11(15)13-9-7-5-4-6-8-10(13)14/h4-5H,6-9H2,1-3H3/b5-4-. The highest BCUT2D eigenvalue weighted by Crippen LogP contribution is 2.13. The molecule has 16 heavy (non-hydrogen) atoms. The Kier molecular flexibility index (Phi) is 4.10. The minimum absolute atomic E-state index is 0.154. The average molecular weight is 225 g/mol. The smallest absolute Gasteiger partial charge is 0.417 e. The highest BCUT2D eigenvalue weighted by molar-refractivity contribution is 5.92. The fourth-order valence-corrected chi connectivity index (χ4v) is 1.42. The number of nitrogens with zero attached hydrogens (tertiary/aromatic N) is 1. The lowest BCUT2D eigenvalue weighted by atomic mass is 10.2. The van der Waals surface area contributed by atoms with Crippen molar-refractivity contribution in [2.24, 2.45) is 0 Å². The van der Waals surface area contributed by atoms with Crippen molar-refractivity contribution < 1.29 is 14.3 Å². The second kappa shape index (κ2) is 5.14. The molecule has 0 atom stereocenters. The first kappa shape index (κ1) is 12.7. The molecule has 0 saturated carbocycles. The van der Waals surface area contributed by atoms with E-state index in [0.717, 1.165) is 0 Å². The number of imide groups is 1. The van der Waals surface area contributed by atoms with Crippen molar-refractivity contribution in [3.63, 3.8) is 0 Å². The van der Waals surface area contributed by atoms with Crippen LogP contribution in [0.2, 0.25) is 0 Å². The third-order valence-electron chi connectivity index (χ3n) is 2.13. The summed E-state index contributed by atoms with van der Waals surface area (Å²) < 4.78 is 5.19. The van der Waals surface area contributed by atoms with Gasteiger partial charge >= 0.3 is 6.09 Å². The Morgan fingerprint density at radius 2 is 1.94 bits per heavy atom. The first-order valence-corrected chi connectivity index (χ1v) is 5.58. The van der Waals surface area contributed by atoms with Gasteiger partial charge in [-0.15, -0.1) is 0 Å². The molecule has 0 aromatic heterocycles. The molecule has 4 nitrogen and oxygen atoms in total. The molecule has 0 unspecified atom stereocenters. The van der Waals surface area contributed by atoms with E-state index < -0.39 is 11.7 Å². The summed E-state index contributed by atoms with van der Waals surface area (Å²) in [5.41, 5.74) is -0.560. The van der Waals surface area contributed by atoms with Gasteiger partial charge in [-0.25, -0.2) is 9.69 Å². The van der Waals surface area contributed by atoms with Crippen molar-refractivity contribution in [3.8, 4) is 0 Å². The Morgan fingerprint density at radius 3 is 2.56 bits per heavy atom. The Morgan fingerprint density at radius 1 is 1.31 bits per heavy atom. The maximum Gasteiger partial charge on any atom is 0.417 e. The predicted molar refractivity (Wildman–Crippen MR) is 60.9 cm³/mol. The van der Waals surface area contributed by atoms with Crippen molar-refractivity contribution >= 4 is 12.0 Å². The summed E-state index contributed by atoms with van der Waals surface area (Å²) >= 11 is 0. The van der Waals surface area contributed by atoms with E-state index in [1.807, 2.05) is 12.2 Å². The molecular weight excluding hydrogens is 206 g/mol. The molecule has 0 radical (unpaired) electrons. The summed E-state index contributed by atoms with van der Waals surface area (Å²) in [6.07, 6.45) is 5.19. The number of amides is 2. The molecule has 1 aliphatic heterocycles. The lowest BCUT2D eigenvalue weighted by Crippen LogP contribution is -2.41. The van der Waals surface area contributed by atoms with Gasteiger partial charge in [0.2, 0.25) is 5.91 Å². The topological polar surface area (TPSA) is 46.6 Å². The molecule has 4 heteroatoms. The number of ether oxygens (including phenoxy) is 1. The third kappa shape index (κ3) is 4.04. The first-order valence-electron chi connectivity index (χ1n) is 5.58. The molecule has 0 aromatic rings. The van der Waals surface area contributed by atoms with Crippen LogP contribution in [0.25, 0.3) is 0 Å². The number of hydrogen-bond donors (Lipinski definition) is 0. The fourth-order valence-electron chi connectivity index (χ4n) is 1.42. The van der Waals surface area contributed by atoms with Crippen molar-refractivity contribution in [1.82, 2.24) is 4.90 Å². The highest BCUT2D eigenvalue weighted by Gasteiger charge is 2.26. The van der Waals surface area contributed by atoms with Crippen LogP contribution in [0.5, 0.6) is 0 Å². The normalized spacial score (nSPS) is 19.9.